The molecule has 0 aliphatic rings. The van der Waals surface area contributed by atoms with Crippen molar-refractivity contribution in [3.05, 3.63) is 47.7 Å². The molecule has 1 amide bonds. The zero-order valence-electron chi connectivity index (χ0n) is 11.6. The van der Waals surface area contributed by atoms with Crippen molar-refractivity contribution < 1.29 is 14.0 Å². The van der Waals surface area contributed by atoms with Crippen LogP contribution in [0.1, 0.15) is 22.5 Å². The van der Waals surface area contributed by atoms with Gasteiger partial charge in [0.2, 0.25) is 5.91 Å². The number of hydrogen-bond donors (Lipinski definition) is 0. The Morgan fingerprint density at radius 2 is 2.05 bits per heavy atom. The minimum Gasteiger partial charge on any atom is -0.453 e. The fourth-order valence-corrected chi connectivity index (χ4v) is 1.93. The van der Waals surface area contributed by atoms with Gasteiger partial charge in [-0.15, -0.1) is 0 Å². The number of aryl methyl sites for hydroxylation is 1. The number of carbonyl (C=O) groups is 2. The van der Waals surface area contributed by atoms with Crippen LogP contribution in [-0.4, -0.2) is 31.2 Å². The van der Waals surface area contributed by atoms with E-state index in [1.54, 1.807) is 31.1 Å². The molecule has 104 valence electrons. The van der Waals surface area contributed by atoms with Gasteiger partial charge in [-0.1, -0.05) is 18.2 Å². The van der Waals surface area contributed by atoms with Gasteiger partial charge in [0.1, 0.15) is 5.76 Å². The molecule has 2 rings (SSSR count). The Morgan fingerprint density at radius 3 is 2.70 bits per heavy atom. The summed E-state index contributed by atoms with van der Waals surface area (Å²) in [5.41, 5.74) is 1.98. The maximum absolute atomic E-state index is 11.6. The second-order valence-electron chi connectivity index (χ2n) is 4.81. The molecular weight excluding hydrogens is 254 g/mol. The van der Waals surface area contributed by atoms with Crippen LogP contribution in [0, 0.1) is 0 Å². The number of benzene rings is 1. The summed E-state index contributed by atoms with van der Waals surface area (Å²) in [7, 11) is 3.51. The molecule has 4 heteroatoms. The fraction of sp³-hybridized carbons (Fsp3) is 0.250. The number of rotatable bonds is 5. The summed E-state index contributed by atoms with van der Waals surface area (Å²) >= 11 is 0. The van der Waals surface area contributed by atoms with E-state index in [2.05, 4.69) is 0 Å². The van der Waals surface area contributed by atoms with Crippen molar-refractivity contribution in [3.8, 4) is 11.3 Å². The molecule has 0 aliphatic heterocycles. The van der Waals surface area contributed by atoms with E-state index in [0.717, 1.165) is 11.1 Å². The van der Waals surface area contributed by atoms with Gasteiger partial charge in [-0.05, 0) is 30.2 Å². The van der Waals surface area contributed by atoms with Gasteiger partial charge in [-0.2, -0.15) is 0 Å². The molecule has 0 saturated carbocycles. The topological polar surface area (TPSA) is 50.5 Å². The first-order valence-electron chi connectivity index (χ1n) is 6.44. The normalized spacial score (nSPS) is 10.3. The smallest absolute Gasteiger partial charge is 0.222 e. The summed E-state index contributed by atoms with van der Waals surface area (Å²) in [6, 6.07) is 11.2. The Balaban J connectivity index is 2.11. The van der Waals surface area contributed by atoms with Gasteiger partial charge in [-0.3, -0.25) is 9.59 Å². The molecule has 0 fully saturated rings. The van der Waals surface area contributed by atoms with Gasteiger partial charge in [-0.25, -0.2) is 0 Å². The number of aldehydes is 1. The Hall–Kier alpha value is -2.36. The number of carbonyl (C=O) groups excluding carboxylic acids is 2. The number of nitrogens with zero attached hydrogens (tertiary/aromatic N) is 1. The van der Waals surface area contributed by atoms with Crippen LogP contribution >= 0.6 is 0 Å². The summed E-state index contributed by atoms with van der Waals surface area (Å²) in [4.78, 5) is 23.8. The van der Waals surface area contributed by atoms with Gasteiger partial charge in [0.25, 0.3) is 0 Å². The third-order valence-corrected chi connectivity index (χ3v) is 3.08. The molecule has 0 atom stereocenters. The Labute approximate surface area is 118 Å². The zero-order valence-corrected chi connectivity index (χ0v) is 11.6. The maximum Gasteiger partial charge on any atom is 0.222 e. The van der Waals surface area contributed by atoms with Crippen LogP contribution in [-0.2, 0) is 11.2 Å². The molecule has 2 aromatic rings. The van der Waals surface area contributed by atoms with Gasteiger partial charge in [0.05, 0.1) is 0 Å². The van der Waals surface area contributed by atoms with Crippen LogP contribution in [0.2, 0.25) is 0 Å². The van der Waals surface area contributed by atoms with Crippen LogP contribution in [0.15, 0.2) is 40.8 Å². The van der Waals surface area contributed by atoms with E-state index >= 15 is 0 Å². The molecule has 1 aromatic carbocycles. The first kappa shape index (κ1) is 14.1. The Kier molecular flexibility index (Phi) is 4.35. The Bertz CT molecular complexity index is 614. The van der Waals surface area contributed by atoms with Gasteiger partial charge >= 0.3 is 0 Å². The summed E-state index contributed by atoms with van der Waals surface area (Å²) in [5, 5.41) is 0. The predicted octanol–water partition coefficient (Wildman–Crippen LogP) is 2.78. The minimum atomic E-state index is 0.108. The van der Waals surface area contributed by atoms with Crippen LogP contribution in [0.5, 0.6) is 0 Å². The highest BCUT2D eigenvalue weighted by molar-refractivity contribution is 5.76. The van der Waals surface area contributed by atoms with E-state index in [9.17, 15) is 9.59 Å². The van der Waals surface area contributed by atoms with Crippen LogP contribution in [0.25, 0.3) is 11.3 Å². The van der Waals surface area contributed by atoms with E-state index in [1.165, 1.54) is 0 Å². The number of hydrogen-bond acceptors (Lipinski definition) is 3. The van der Waals surface area contributed by atoms with Crippen molar-refractivity contribution in [2.45, 2.75) is 12.8 Å². The third-order valence-electron chi connectivity index (χ3n) is 3.08. The fourth-order valence-electron chi connectivity index (χ4n) is 1.93. The van der Waals surface area contributed by atoms with Crippen LogP contribution in [0.4, 0.5) is 0 Å². The van der Waals surface area contributed by atoms with E-state index < -0.39 is 0 Å². The predicted molar refractivity (Wildman–Crippen MR) is 76.5 cm³/mol. The van der Waals surface area contributed by atoms with Gasteiger partial charge in [0, 0.05) is 26.1 Å². The number of amides is 1. The lowest BCUT2D eigenvalue weighted by Crippen LogP contribution is -2.21. The van der Waals surface area contributed by atoms with Crippen molar-refractivity contribution in [1.29, 1.82) is 0 Å². The number of furan rings is 1. The van der Waals surface area contributed by atoms with Crippen LogP contribution < -0.4 is 0 Å². The summed E-state index contributed by atoms with van der Waals surface area (Å²) in [6.07, 6.45) is 1.85. The molecule has 0 spiro atoms. The monoisotopic (exact) mass is 271 g/mol. The summed E-state index contributed by atoms with van der Waals surface area (Å²) < 4.78 is 5.39. The van der Waals surface area contributed by atoms with E-state index in [4.69, 9.17) is 4.42 Å². The molecule has 0 unspecified atom stereocenters. The van der Waals surface area contributed by atoms with E-state index in [0.29, 0.717) is 30.6 Å². The van der Waals surface area contributed by atoms with Crippen LogP contribution in [0.3, 0.4) is 0 Å². The molecule has 20 heavy (non-hydrogen) atoms. The SMILES string of the molecule is CN(C)C(=O)CCc1cccc(-c2ccc(C=O)o2)c1. The molecule has 1 heterocycles. The average Bonchev–Trinajstić information content (AvgIpc) is 2.94. The molecule has 0 aliphatic carbocycles. The standard InChI is InChI=1S/C16H17NO3/c1-17(2)16(19)9-6-12-4-3-5-13(10-12)15-8-7-14(11-18)20-15/h3-5,7-8,10-11H,6,9H2,1-2H3. The zero-order chi connectivity index (χ0) is 14.5. The lowest BCUT2D eigenvalue weighted by Gasteiger charge is -2.10. The van der Waals surface area contributed by atoms with Gasteiger partial charge in [0.15, 0.2) is 12.0 Å². The second-order valence-corrected chi connectivity index (χ2v) is 4.81. The summed E-state index contributed by atoms with van der Waals surface area (Å²) in [6.45, 7) is 0. The van der Waals surface area contributed by atoms with Gasteiger partial charge < -0.3 is 9.32 Å². The van der Waals surface area contributed by atoms with Crippen molar-refractivity contribution in [2.24, 2.45) is 0 Å². The lowest BCUT2D eigenvalue weighted by atomic mass is 10.0. The van der Waals surface area contributed by atoms with E-state index in [1.807, 2.05) is 24.3 Å². The molecule has 1 aromatic heterocycles. The molecule has 0 radical (unpaired) electrons. The quantitative estimate of drug-likeness (QED) is 0.786. The third kappa shape index (κ3) is 3.35. The highest BCUT2D eigenvalue weighted by Crippen LogP contribution is 2.23. The minimum absolute atomic E-state index is 0.108. The molecule has 0 bridgehead atoms. The van der Waals surface area contributed by atoms with Crippen molar-refractivity contribution in [3.63, 3.8) is 0 Å². The highest BCUT2D eigenvalue weighted by Gasteiger charge is 2.07. The highest BCUT2D eigenvalue weighted by atomic mass is 16.3. The molecule has 4 nitrogen and oxygen atoms in total. The summed E-state index contributed by atoms with van der Waals surface area (Å²) in [5.74, 6) is 1.08. The first-order chi connectivity index (χ1) is 9.60. The second kappa shape index (κ2) is 6.19. The largest absolute Gasteiger partial charge is 0.453 e. The molecule has 0 saturated heterocycles. The van der Waals surface area contributed by atoms with Crippen molar-refractivity contribution >= 4 is 12.2 Å². The van der Waals surface area contributed by atoms with Crippen molar-refractivity contribution in [1.82, 2.24) is 4.90 Å². The lowest BCUT2D eigenvalue weighted by molar-refractivity contribution is -0.128. The average molecular weight is 271 g/mol. The Morgan fingerprint density at radius 1 is 1.25 bits per heavy atom. The molecule has 0 N–H and O–H groups in total. The first-order valence-corrected chi connectivity index (χ1v) is 6.44. The van der Waals surface area contributed by atoms with Crippen molar-refractivity contribution in [2.75, 3.05) is 14.1 Å². The maximum atomic E-state index is 11.6. The van der Waals surface area contributed by atoms with E-state index in [-0.39, 0.29) is 5.91 Å². The molecular formula is C16H17NO3.